The van der Waals surface area contributed by atoms with Crippen molar-refractivity contribution < 1.29 is 0 Å². The molecule has 16 heavy (non-hydrogen) atoms. The number of nitrogens with zero attached hydrogens (tertiary/aromatic N) is 3. The van der Waals surface area contributed by atoms with Crippen LogP contribution in [0, 0.1) is 12.8 Å². The van der Waals surface area contributed by atoms with Crippen LogP contribution in [0.4, 0.5) is 5.95 Å². The van der Waals surface area contributed by atoms with Crippen LogP contribution in [0.15, 0.2) is 6.20 Å². The Morgan fingerprint density at radius 3 is 2.69 bits per heavy atom. The maximum Gasteiger partial charge on any atom is 0.225 e. The van der Waals surface area contributed by atoms with E-state index in [1.807, 2.05) is 13.1 Å². The fraction of sp³-hybridized carbons (Fsp3) is 0.667. The fourth-order valence-electron chi connectivity index (χ4n) is 2.04. The first-order valence-electron chi connectivity index (χ1n) is 5.98. The van der Waals surface area contributed by atoms with E-state index in [4.69, 9.17) is 5.73 Å². The van der Waals surface area contributed by atoms with Crippen LogP contribution in [0.25, 0.3) is 0 Å². The van der Waals surface area contributed by atoms with E-state index in [9.17, 15) is 0 Å². The van der Waals surface area contributed by atoms with Gasteiger partial charge < -0.3 is 10.6 Å². The summed E-state index contributed by atoms with van der Waals surface area (Å²) in [7, 11) is 0. The average molecular weight is 220 g/mol. The molecular formula is C12H20N4. The number of rotatable bonds is 2. The van der Waals surface area contributed by atoms with Crippen LogP contribution in [-0.2, 0) is 6.54 Å². The Kier molecular flexibility index (Phi) is 3.39. The molecule has 1 aliphatic rings. The second-order valence-electron chi connectivity index (χ2n) is 4.65. The maximum absolute atomic E-state index is 5.60. The zero-order valence-electron chi connectivity index (χ0n) is 10.1. The zero-order valence-corrected chi connectivity index (χ0v) is 10.1. The first-order chi connectivity index (χ1) is 7.70. The summed E-state index contributed by atoms with van der Waals surface area (Å²) in [4.78, 5) is 11.2. The lowest BCUT2D eigenvalue weighted by molar-refractivity contribution is 0.434. The Labute approximate surface area is 96.9 Å². The van der Waals surface area contributed by atoms with Crippen LogP contribution in [0.5, 0.6) is 0 Å². The molecule has 2 N–H and O–H groups in total. The maximum atomic E-state index is 5.60. The largest absolute Gasteiger partial charge is 0.341 e. The lowest BCUT2D eigenvalue weighted by Gasteiger charge is -2.30. The highest BCUT2D eigenvalue weighted by molar-refractivity contribution is 5.33. The number of nitrogens with two attached hydrogens (primary N) is 1. The molecule has 2 heterocycles. The molecule has 0 atom stereocenters. The van der Waals surface area contributed by atoms with Gasteiger partial charge >= 0.3 is 0 Å². The van der Waals surface area contributed by atoms with E-state index in [0.717, 1.165) is 36.2 Å². The highest BCUT2D eigenvalue weighted by Gasteiger charge is 2.18. The summed E-state index contributed by atoms with van der Waals surface area (Å²) in [5.74, 6) is 1.70. The molecule has 1 fully saturated rings. The van der Waals surface area contributed by atoms with E-state index in [-0.39, 0.29) is 0 Å². The molecule has 0 bridgehead atoms. The van der Waals surface area contributed by atoms with Gasteiger partial charge in [0.25, 0.3) is 0 Å². The molecule has 0 unspecified atom stereocenters. The van der Waals surface area contributed by atoms with E-state index in [1.54, 1.807) is 0 Å². The van der Waals surface area contributed by atoms with Gasteiger partial charge in [-0.3, -0.25) is 0 Å². The Balaban J connectivity index is 2.12. The molecule has 1 aromatic heterocycles. The summed E-state index contributed by atoms with van der Waals surface area (Å²) in [5.41, 5.74) is 7.65. The molecule has 2 rings (SSSR count). The normalized spacial score (nSPS) is 17.8. The average Bonchev–Trinajstić information content (AvgIpc) is 2.30. The number of anilines is 1. The quantitative estimate of drug-likeness (QED) is 0.820. The predicted octanol–water partition coefficient (Wildman–Crippen LogP) is 1.48. The predicted molar refractivity (Wildman–Crippen MR) is 65.3 cm³/mol. The molecule has 0 aromatic carbocycles. The number of aromatic nitrogens is 2. The summed E-state index contributed by atoms with van der Waals surface area (Å²) < 4.78 is 0. The van der Waals surface area contributed by atoms with Gasteiger partial charge in [0.05, 0.1) is 0 Å². The van der Waals surface area contributed by atoms with E-state index < -0.39 is 0 Å². The SMILES string of the molecule is Cc1nc(N2CCC(C)CC2)ncc1CN. The van der Waals surface area contributed by atoms with Crippen LogP contribution in [0.3, 0.4) is 0 Å². The number of hydrogen-bond donors (Lipinski definition) is 1. The van der Waals surface area contributed by atoms with Crippen molar-refractivity contribution in [2.75, 3.05) is 18.0 Å². The summed E-state index contributed by atoms with van der Waals surface area (Å²) >= 11 is 0. The molecule has 0 radical (unpaired) electrons. The number of piperidine rings is 1. The van der Waals surface area contributed by atoms with Crippen LogP contribution < -0.4 is 10.6 Å². The van der Waals surface area contributed by atoms with Crippen molar-refractivity contribution in [1.82, 2.24) is 9.97 Å². The van der Waals surface area contributed by atoms with Gasteiger partial charge in [0.15, 0.2) is 0 Å². The minimum atomic E-state index is 0.517. The first kappa shape index (κ1) is 11.3. The highest BCUT2D eigenvalue weighted by atomic mass is 15.2. The Morgan fingerprint density at radius 2 is 2.12 bits per heavy atom. The van der Waals surface area contributed by atoms with Gasteiger partial charge in [-0.2, -0.15) is 0 Å². The summed E-state index contributed by atoms with van der Waals surface area (Å²) in [6, 6.07) is 0. The third kappa shape index (κ3) is 2.32. The Hall–Kier alpha value is -1.16. The third-order valence-electron chi connectivity index (χ3n) is 3.35. The molecule has 88 valence electrons. The molecule has 1 saturated heterocycles. The molecule has 1 aromatic rings. The van der Waals surface area contributed by atoms with Crippen molar-refractivity contribution >= 4 is 5.95 Å². The van der Waals surface area contributed by atoms with E-state index >= 15 is 0 Å². The molecule has 4 nitrogen and oxygen atoms in total. The Bertz CT molecular complexity index is 356. The smallest absolute Gasteiger partial charge is 0.225 e. The van der Waals surface area contributed by atoms with Crippen molar-refractivity contribution in [3.63, 3.8) is 0 Å². The second-order valence-corrected chi connectivity index (χ2v) is 4.65. The summed E-state index contributed by atoms with van der Waals surface area (Å²) in [6.07, 6.45) is 4.33. The topological polar surface area (TPSA) is 55.0 Å². The molecule has 4 heteroatoms. The fourth-order valence-corrected chi connectivity index (χ4v) is 2.04. The van der Waals surface area contributed by atoms with Gasteiger partial charge in [0.2, 0.25) is 5.95 Å². The van der Waals surface area contributed by atoms with Gasteiger partial charge in [-0.1, -0.05) is 6.92 Å². The summed E-state index contributed by atoms with van der Waals surface area (Å²) in [5, 5.41) is 0. The lowest BCUT2D eigenvalue weighted by Crippen LogP contribution is -2.34. The highest BCUT2D eigenvalue weighted by Crippen LogP contribution is 2.20. The zero-order chi connectivity index (χ0) is 11.5. The van der Waals surface area contributed by atoms with Gasteiger partial charge in [-0.05, 0) is 25.7 Å². The van der Waals surface area contributed by atoms with Crippen LogP contribution in [-0.4, -0.2) is 23.1 Å². The number of hydrogen-bond acceptors (Lipinski definition) is 4. The molecule has 0 spiro atoms. The first-order valence-corrected chi connectivity index (χ1v) is 5.98. The van der Waals surface area contributed by atoms with Crippen LogP contribution >= 0.6 is 0 Å². The van der Waals surface area contributed by atoms with Crippen molar-refractivity contribution in [1.29, 1.82) is 0 Å². The summed E-state index contributed by atoms with van der Waals surface area (Å²) in [6.45, 7) is 6.97. The second kappa shape index (κ2) is 4.78. The Morgan fingerprint density at radius 1 is 1.44 bits per heavy atom. The van der Waals surface area contributed by atoms with Gasteiger partial charge in [0.1, 0.15) is 0 Å². The molecular weight excluding hydrogens is 200 g/mol. The third-order valence-corrected chi connectivity index (χ3v) is 3.35. The van der Waals surface area contributed by atoms with E-state index in [2.05, 4.69) is 21.8 Å². The van der Waals surface area contributed by atoms with Crippen molar-refractivity contribution in [3.05, 3.63) is 17.5 Å². The van der Waals surface area contributed by atoms with E-state index in [1.165, 1.54) is 12.8 Å². The van der Waals surface area contributed by atoms with Gasteiger partial charge in [-0.15, -0.1) is 0 Å². The molecule has 0 saturated carbocycles. The monoisotopic (exact) mass is 220 g/mol. The standard InChI is InChI=1S/C12H20N4/c1-9-3-5-16(6-4-9)12-14-8-11(7-13)10(2)15-12/h8-9H,3-7,13H2,1-2H3. The van der Waals surface area contributed by atoms with Crippen LogP contribution in [0.1, 0.15) is 31.0 Å². The molecule has 0 amide bonds. The lowest BCUT2D eigenvalue weighted by atomic mass is 10.00. The molecule has 1 aliphatic heterocycles. The van der Waals surface area contributed by atoms with E-state index in [0.29, 0.717) is 6.54 Å². The van der Waals surface area contributed by atoms with Crippen molar-refractivity contribution in [2.45, 2.75) is 33.2 Å². The van der Waals surface area contributed by atoms with Gasteiger partial charge in [0, 0.05) is 37.1 Å². The minimum Gasteiger partial charge on any atom is -0.341 e. The van der Waals surface area contributed by atoms with Crippen molar-refractivity contribution in [3.8, 4) is 0 Å². The minimum absolute atomic E-state index is 0.517. The van der Waals surface area contributed by atoms with Crippen molar-refractivity contribution in [2.24, 2.45) is 11.7 Å². The number of aryl methyl sites for hydroxylation is 1. The van der Waals surface area contributed by atoms with Gasteiger partial charge in [-0.25, -0.2) is 9.97 Å². The van der Waals surface area contributed by atoms with Crippen LogP contribution in [0.2, 0.25) is 0 Å². The molecule has 0 aliphatic carbocycles.